The molecule has 0 unspecified atom stereocenters. The number of hydrogen-bond donors (Lipinski definition) is 2. The number of anilines is 1. The smallest absolute Gasteiger partial charge is 0.272 e. The van der Waals surface area contributed by atoms with Crippen LogP contribution in [0.1, 0.15) is 6.42 Å². The molecule has 1 aromatic carbocycles. The standard InChI is InChI=1S/C12H16FN3O4S/c13-11-7-10(16(17)18)1-2-12(11)15-5-4-14-9-3-6-21(19,20)8-9/h1-2,7,9,14-15H,3-6,8H2/t9-/m1/s1. The minimum Gasteiger partial charge on any atom is -0.381 e. The maximum atomic E-state index is 13.6. The van der Waals surface area contributed by atoms with Crippen LogP contribution in [0, 0.1) is 15.9 Å². The molecule has 0 aliphatic carbocycles. The fraction of sp³-hybridized carbons (Fsp3) is 0.500. The Kier molecular flexibility index (Phi) is 4.73. The van der Waals surface area contributed by atoms with Gasteiger partial charge in [0.2, 0.25) is 0 Å². The van der Waals surface area contributed by atoms with Gasteiger partial charge in [-0.15, -0.1) is 0 Å². The minimum absolute atomic E-state index is 0.0569. The zero-order valence-electron chi connectivity index (χ0n) is 11.2. The van der Waals surface area contributed by atoms with Gasteiger partial charge in [0, 0.05) is 25.2 Å². The summed E-state index contributed by atoms with van der Waals surface area (Å²) < 4.78 is 36.1. The van der Waals surface area contributed by atoms with E-state index in [0.717, 1.165) is 6.07 Å². The zero-order chi connectivity index (χ0) is 15.5. The lowest BCUT2D eigenvalue weighted by Gasteiger charge is -2.12. The molecule has 116 valence electrons. The van der Waals surface area contributed by atoms with Crippen LogP contribution >= 0.6 is 0 Å². The molecule has 1 heterocycles. The van der Waals surface area contributed by atoms with Crippen LogP contribution < -0.4 is 10.6 Å². The third kappa shape index (κ3) is 4.36. The highest BCUT2D eigenvalue weighted by molar-refractivity contribution is 7.91. The van der Waals surface area contributed by atoms with E-state index in [0.29, 0.717) is 19.5 Å². The van der Waals surface area contributed by atoms with Crippen LogP contribution in [0.5, 0.6) is 0 Å². The van der Waals surface area contributed by atoms with Crippen LogP contribution in [0.4, 0.5) is 15.8 Å². The number of benzene rings is 1. The van der Waals surface area contributed by atoms with E-state index >= 15 is 0 Å². The highest BCUT2D eigenvalue weighted by atomic mass is 32.2. The molecule has 0 spiro atoms. The predicted octanol–water partition coefficient (Wildman–Crippen LogP) is 0.922. The third-order valence-electron chi connectivity index (χ3n) is 3.27. The molecule has 0 bridgehead atoms. The number of sulfone groups is 1. The molecule has 1 aromatic rings. The Bertz CT molecular complexity index is 635. The van der Waals surface area contributed by atoms with E-state index in [4.69, 9.17) is 0 Å². The largest absolute Gasteiger partial charge is 0.381 e. The lowest BCUT2D eigenvalue weighted by atomic mass is 10.2. The van der Waals surface area contributed by atoms with Gasteiger partial charge in [0.1, 0.15) is 0 Å². The van der Waals surface area contributed by atoms with E-state index in [1.165, 1.54) is 12.1 Å². The Balaban J connectivity index is 1.78. The van der Waals surface area contributed by atoms with E-state index in [1.54, 1.807) is 0 Å². The summed E-state index contributed by atoms with van der Waals surface area (Å²) in [6.07, 6.45) is 0.591. The summed E-state index contributed by atoms with van der Waals surface area (Å²) in [6, 6.07) is 3.34. The topological polar surface area (TPSA) is 101 Å². The molecule has 1 atom stereocenters. The van der Waals surface area contributed by atoms with Gasteiger partial charge in [-0.3, -0.25) is 10.1 Å². The molecule has 0 saturated carbocycles. The van der Waals surface area contributed by atoms with Gasteiger partial charge in [-0.25, -0.2) is 12.8 Å². The van der Waals surface area contributed by atoms with Crippen molar-refractivity contribution in [2.24, 2.45) is 0 Å². The van der Waals surface area contributed by atoms with Crippen molar-refractivity contribution >= 4 is 21.2 Å². The predicted molar refractivity (Wildman–Crippen MR) is 76.6 cm³/mol. The normalized spacial score (nSPS) is 20.3. The number of nitro groups is 1. The Hall–Kier alpha value is -1.74. The number of non-ortho nitro benzene ring substituents is 1. The highest BCUT2D eigenvalue weighted by Gasteiger charge is 2.26. The second kappa shape index (κ2) is 6.35. The first-order valence-corrected chi connectivity index (χ1v) is 8.31. The van der Waals surface area contributed by atoms with Gasteiger partial charge < -0.3 is 10.6 Å². The number of rotatable bonds is 6. The van der Waals surface area contributed by atoms with Gasteiger partial charge in [-0.2, -0.15) is 0 Å². The number of hydrogen-bond acceptors (Lipinski definition) is 6. The van der Waals surface area contributed by atoms with E-state index in [-0.39, 0.29) is 28.9 Å². The van der Waals surface area contributed by atoms with Crippen molar-refractivity contribution in [1.82, 2.24) is 5.32 Å². The zero-order valence-corrected chi connectivity index (χ0v) is 12.0. The number of nitrogens with one attached hydrogen (secondary N) is 2. The molecule has 0 radical (unpaired) electrons. The molecular formula is C12H16FN3O4S. The summed E-state index contributed by atoms with van der Waals surface area (Å²) >= 11 is 0. The van der Waals surface area contributed by atoms with Crippen LogP contribution in [0.25, 0.3) is 0 Å². The quantitative estimate of drug-likeness (QED) is 0.460. The lowest BCUT2D eigenvalue weighted by molar-refractivity contribution is -0.385. The Morgan fingerprint density at radius 1 is 1.38 bits per heavy atom. The molecule has 1 saturated heterocycles. The first kappa shape index (κ1) is 15.6. The number of nitrogens with zero attached hydrogens (tertiary/aromatic N) is 1. The number of halogens is 1. The van der Waals surface area contributed by atoms with Crippen LogP contribution in [0.15, 0.2) is 18.2 Å². The van der Waals surface area contributed by atoms with Crippen molar-refractivity contribution in [3.63, 3.8) is 0 Å². The van der Waals surface area contributed by atoms with Crippen molar-refractivity contribution in [2.75, 3.05) is 29.9 Å². The monoisotopic (exact) mass is 317 g/mol. The Labute approximate surface area is 121 Å². The van der Waals surface area contributed by atoms with Crippen LogP contribution in [0.2, 0.25) is 0 Å². The van der Waals surface area contributed by atoms with E-state index in [1.807, 2.05) is 0 Å². The molecule has 1 aliphatic heterocycles. The van der Waals surface area contributed by atoms with Crippen LogP contribution in [-0.4, -0.2) is 44.0 Å². The van der Waals surface area contributed by atoms with E-state index in [2.05, 4.69) is 10.6 Å². The molecule has 9 heteroatoms. The fourth-order valence-corrected chi connectivity index (χ4v) is 3.90. The minimum atomic E-state index is -2.91. The summed E-state index contributed by atoms with van der Waals surface area (Å²) in [5, 5.41) is 16.4. The van der Waals surface area contributed by atoms with Crippen molar-refractivity contribution < 1.29 is 17.7 Å². The van der Waals surface area contributed by atoms with Crippen LogP contribution in [-0.2, 0) is 9.84 Å². The first-order chi connectivity index (χ1) is 9.87. The fourth-order valence-electron chi connectivity index (χ4n) is 2.19. The van der Waals surface area contributed by atoms with Crippen molar-refractivity contribution in [3.8, 4) is 0 Å². The van der Waals surface area contributed by atoms with Gasteiger partial charge in [-0.1, -0.05) is 0 Å². The average Bonchev–Trinajstić information content (AvgIpc) is 2.75. The van der Waals surface area contributed by atoms with Crippen molar-refractivity contribution in [3.05, 3.63) is 34.1 Å². The molecule has 1 fully saturated rings. The molecule has 21 heavy (non-hydrogen) atoms. The van der Waals surface area contributed by atoms with E-state index < -0.39 is 20.6 Å². The van der Waals surface area contributed by atoms with Gasteiger partial charge in [0.25, 0.3) is 5.69 Å². The molecule has 2 rings (SSSR count). The number of nitro benzene ring substituents is 1. The summed E-state index contributed by atoms with van der Waals surface area (Å²) in [5.74, 6) is -0.346. The Morgan fingerprint density at radius 3 is 2.71 bits per heavy atom. The molecule has 2 N–H and O–H groups in total. The average molecular weight is 317 g/mol. The van der Waals surface area contributed by atoms with Gasteiger partial charge in [0.05, 0.1) is 28.2 Å². The van der Waals surface area contributed by atoms with Crippen molar-refractivity contribution in [2.45, 2.75) is 12.5 Å². The van der Waals surface area contributed by atoms with Gasteiger partial charge in [-0.05, 0) is 12.5 Å². The van der Waals surface area contributed by atoms with E-state index in [9.17, 15) is 22.9 Å². The molecule has 0 amide bonds. The van der Waals surface area contributed by atoms with Gasteiger partial charge >= 0.3 is 0 Å². The summed E-state index contributed by atoms with van der Waals surface area (Å²) in [4.78, 5) is 9.83. The molecule has 1 aliphatic rings. The first-order valence-electron chi connectivity index (χ1n) is 6.49. The maximum Gasteiger partial charge on any atom is 0.272 e. The molecular weight excluding hydrogens is 301 g/mol. The SMILES string of the molecule is O=[N+]([O-])c1ccc(NCCN[C@@H]2CCS(=O)(=O)C2)c(F)c1. The van der Waals surface area contributed by atoms with Crippen LogP contribution in [0.3, 0.4) is 0 Å². The summed E-state index contributed by atoms with van der Waals surface area (Å²) in [5.41, 5.74) is -0.117. The van der Waals surface area contributed by atoms with Crippen molar-refractivity contribution in [1.29, 1.82) is 0 Å². The van der Waals surface area contributed by atoms with Gasteiger partial charge in [0.15, 0.2) is 15.7 Å². The summed E-state index contributed by atoms with van der Waals surface area (Å²) in [6.45, 7) is 0.877. The lowest BCUT2D eigenvalue weighted by Crippen LogP contribution is -2.33. The molecule has 7 nitrogen and oxygen atoms in total. The molecule has 0 aromatic heterocycles. The summed E-state index contributed by atoms with van der Waals surface area (Å²) in [7, 11) is -2.91. The highest BCUT2D eigenvalue weighted by Crippen LogP contribution is 2.20. The second-order valence-corrected chi connectivity index (χ2v) is 7.13. The second-order valence-electron chi connectivity index (χ2n) is 4.90. The third-order valence-corrected chi connectivity index (χ3v) is 5.04. The maximum absolute atomic E-state index is 13.6. The Morgan fingerprint density at radius 2 is 2.14 bits per heavy atom.